The molecule has 18 heavy (non-hydrogen) atoms. The van der Waals surface area contributed by atoms with E-state index in [0.717, 1.165) is 0 Å². The highest BCUT2D eigenvalue weighted by Crippen LogP contribution is 2.32. The third-order valence-corrected chi connectivity index (χ3v) is 3.18. The van der Waals surface area contributed by atoms with Crippen LogP contribution in [0.3, 0.4) is 0 Å². The smallest absolute Gasteiger partial charge is 0.123 e. The second-order valence-electron chi connectivity index (χ2n) is 3.84. The van der Waals surface area contributed by atoms with Crippen molar-refractivity contribution in [3.05, 3.63) is 63.4 Å². The average Bonchev–Trinajstić information content (AvgIpc) is 2.31. The Labute approximate surface area is 114 Å². The van der Waals surface area contributed by atoms with Gasteiger partial charge in [-0.2, -0.15) is 0 Å². The van der Waals surface area contributed by atoms with Crippen molar-refractivity contribution in [1.82, 2.24) is 0 Å². The molecule has 0 aliphatic heterocycles. The molecule has 3 N–H and O–H groups in total. The number of hydrogen-bond acceptors (Lipinski definition) is 2. The van der Waals surface area contributed by atoms with Crippen LogP contribution in [0.4, 0.5) is 10.1 Å². The zero-order valence-corrected chi connectivity index (χ0v) is 10.7. The maximum Gasteiger partial charge on any atom is 0.123 e. The Morgan fingerprint density at radius 3 is 2.44 bits per heavy atom. The van der Waals surface area contributed by atoms with Crippen molar-refractivity contribution >= 4 is 28.9 Å². The molecule has 1 atom stereocenters. The molecule has 0 radical (unpaired) electrons. The van der Waals surface area contributed by atoms with Gasteiger partial charge in [0.1, 0.15) is 11.9 Å². The summed E-state index contributed by atoms with van der Waals surface area (Å²) in [5, 5.41) is 10.9. The van der Waals surface area contributed by atoms with E-state index in [4.69, 9.17) is 28.9 Å². The normalized spacial score (nSPS) is 12.4. The van der Waals surface area contributed by atoms with Crippen LogP contribution in [-0.2, 0) is 0 Å². The quantitative estimate of drug-likeness (QED) is 0.825. The van der Waals surface area contributed by atoms with Gasteiger partial charge in [-0.25, -0.2) is 4.39 Å². The molecule has 0 bridgehead atoms. The van der Waals surface area contributed by atoms with Gasteiger partial charge in [-0.15, -0.1) is 0 Å². The highest BCUT2D eigenvalue weighted by Gasteiger charge is 2.17. The fourth-order valence-electron chi connectivity index (χ4n) is 1.69. The second-order valence-corrected chi connectivity index (χ2v) is 4.69. The molecule has 0 saturated heterocycles. The highest BCUT2D eigenvalue weighted by molar-refractivity contribution is 6.31. The molecule has 0 fully saturated rings. The first-order valence-electron chi connectivity index (χ1n) is 5.17. The minimum Gasteiger partial charge on any atom is -0.398 e. The molecule has 0 amide bonds. The van der Waals surface area contributed by atoms with Crippen LogP contribution in [-0.4, -0.2) is 5.11 Å². The zero-order valence-electron chi connectivity index (χ0n) is 9.20. The van der Waals surface area contributed by atoms with Crippen LogP contribution in [0, 0.1) is 5.82 Å². The van der Waals surface area contributed by atoms with Crippen molar-refractivity contribution in [3.63, 3.8) is 0 Å². The molecule has 0 heterocycles. The van der Waals surface area contributed by atoms with Crippen molar-refractivity contribution in [3.8, 4) is 0 Å². The van der Waals surface area contributed by atoms with Crippen LogP contribution < -0.4 is 5.73 Å². The maximum atomic E-state index is 13.2. The summed E-state index contributed by atoms with van der Waals surface area (Å²) in [4.78, 5) is 0. The number of nitrogens with two attached hydrogens (primary N) is 1. The summed E-state index contributed by atoms with van der Waals surface area (Å²) in [5.41, 5.74) is 6.80. The van der Waals surface area contributed by atoms with E-state index in [0.29, 0.717) is 16.3 Å². The molecular weight excluding hydrogens is 276 g/mol. The molecule has 0 aromatic heterocycles. The van der Waals surface area contributed by atoms with E-state index in [-0.39, 0.29) is 10.6 Å². The molecule has 2 rings (SSSR count). The fraction of sp³-hybridized carbons (Fsp3) is 0.0769. The standard InChI is InChI=1S/C13H10Cl2FNO/c14-7-1-3-9(12(17)5-7)13(18)10-6-8(16)2-4-11(10)15/h1-6,13,18H,17H2. The minimum atomic E-state index is -1.09. The Balaban J connectivity index is 2.47. The summed E-state index contributed by atoms with van der Waals surface area (Å²) in [6, 6.07) is 8.51. The van der Waals surface area contributed by atoms with E-state index in [1.54, 1.807) is 12.1 Å². The van der Waals surface area contributed by atoms with Crippen molar-refractivity contribution in [2.24, 2.45) is 0 Å². The van der Waals surface area contributed by atoms with E-state index in [2.05, 4.69) is 0 Å². The molecule has 2 aromatic rings. The number of hydrogen-bond donors (Lipinski definition) is 2. The lowest BCUT2D eigenvalue weighted by Crippen LogP contribution is -2.04. The van der Waals surface area contributed by atoms with E-state index in [1.807, 2.05) is 0 Å². The van der Waals surface area contributed by atoms with Gasteiger partial charge in [0.15, 0.2) is 0 Å². The summed E-state index contributed by atoms with van der Waals surface area (Å²) in [5.74, 6) is -0.471. The summed E-state index contributed by atoms with van der Waals surface area (Å²) in [6.45, 7) is 0. The predicted octanol–water partition coefficient (Wildman–Crippen LogP) is 3.80. The highest BCUT2D eigenvalue weighted by atomic mass is 35.5. The van der Waals surface area contributed by atoms with Crippen LogP contribution >= 0.6 is 23.2 Å². The number of aliphatic hydroxyl groups is 1. The topological polar surface area (TPSA) is 46.2 Å². The summed E-state index contributed by atoms with van der Waals surface area (Å²) >= 11 is 11.7. The van der Waals surface area contributed by atoms with Gasteiger partial charge < -0.3 is 10.8 Å². The summed E-state index contributed by atoms with van der Waals surface area (Å²) in [6.07, 6.45) is -1.09. The van der Waals surface area contributed by atoms with Gasteiger partial charge in [-0.3, -0.25) is 0 Å². The van der Waals surface area contributed by atoms with E-state index >= 15 is 0 Å². The van der Waals surface area contributed by atoms with Gasteiger partial charge in [0.2, 0.25) is 0 Å². The molecule has 1 unspecified atom stereocenters. The zero-order chi connectivity index (χ0) is 13.3. The van der Waals surface area contributed by atoms with Crippen molar-refractivity contribution in [2.75, 3.05) is 5.73 Å². The molecule has 0 saturated carbocycles. The Kier molecular flexibility index (Phi) is 3.76. The van der Waals surface area contributed by atoms with Crippen LogP contribution in [0.2, 0.25) is 10.0 Å². The van der Waals surface area contributed by atoms with E-state index in [9.17, 15) is 9.50 Å². The number of aliphatic hydroxyl groups excluding tert-OH is 1. The first-order chi connectivity index (χ1) is 8.49. The van der Waals surface area contributed by atoms with Gasteiger partial charge in [0, 0.05) is 26.9 Å². The second kappa shape index (κ2) is 5.14. The first kappa shape index (κ1) is 13.1. The molecule has 0 spiro atoms. The number of rotatable bonds is 2. The lowest BCUT2D eigenvalue weighted by Gasteiger charge is -2.15. The molecule has 5 heteroatoms. The minimum absolute atomic E-state index is 0.269. The third-order valence-electron chi connectivity index (χ3n) is 2.60. The molecular formula is C13H10Cl2FNO. The number of nitrogen functional groups attached to an aromatic ring is 1. The van der Waals surface area contributed by atoms with Gasteiger partial charge in [-0.05, 0) is 30.3 Å². The summed E-state index contributed by atoms with van der Waals surface area (Å²) in [7, 11) is 0. The van der Waals surface area contributed by atoms with Crippen molar-refractivity contribution in [2.45, 2.75) is 6.10 Å². The Hall–Kier alpha value is -1.29. The van der Waals surface area contributed by atoms with E-state index in [1.165, 1.54) is 24.3 Å². The number of benzene rings is 2. The van der Waals surface area contributed by atoms with Crippen LogP contribution in [0.25, 0.3) is 0 Å². The molecule has 0 aliphatic carbocycles. The Morgan fingerprint density at radius 1 is 1.06 bits per heavy atom. The number of anilines is 1. The lowest BCUT2D eigenvalue weighted by atomic mass is 10.00. The third kappa shape index (κ3) is 2.58. The van der Waals surface area contributed by atoms with Crippen LogP contribution in [0.15, 0.2) is 36.4 Å². The van der Waals surface area contributed by atoms with E-state index < -0.39 is 11.9 Å². The molecule has 0 aliphatic rings. The van der Waals surface area contributed by atoms with Crippen LogP contribution in [0.5, 0.6) is 0 Å². The Bertz CT molecular complexity index is 589. The molecule has 2 nitrogen and oxygen atoms in total. The average molecular weight is 286 g/mol. The monoisotopic (exact) mass is 285 g/mol. The van der Waals surface area contributed by atoms with Crippen molar-refractivity contribution in [1.29, 1.82) is 0 Å². The van der Waals surface area contributed by atoms with Crippen molar-refractivity contribution < 1.29 is 9.50 Å². The van der Waals surface area contributed by atoms with Crippen LogP contribution in [0.1, 0.15) is 17.2 Å². The first-order valence-corrected chi connectivity index (χ1v) is 5.92. The largest absolute Gasteiger partial charge is 0.398 e. The predicted molar refractivity (Wildman–Crippen MR) is 71.3 cm³/mol. The molecule has 94 valence electrons. The van der Waals surface area contributed by atoms with Gasteiger partial charge in [-0.1, -0.05) is 29.3 Å². The maximum absolute atomic E-state index is 13.2. The molecule has 2 aromatic carbocycles. The van der Waals surface area contributed by atoms with Gasteiger partial charge in [0.25, 0.3) is 0 Å². The summed E-state index contributed by atoms with van der Waals surface area (Å²) < 4.78 is 13.2. The number of halogens is 3. The lowest BCUT2D eigenvalue weighted by molar-refractivity contribution is 0.220. The fourth-order valence-corrected chi connectivity index (χ4v) is 2.09. The Morgan fingerprint density at radius 2 is 1.78 bits per heavy atom. The van der Waals surface area contributed by atoms with Gasteiger partial charge in [0.05, 0.1) is 0 Å². The van der Waals surface area contributed by atoms with Gasteiger partial charge >= 0.3 is 0 Å². The SMILES string of the molecule is Nc1cc(Cl)ccc1C(O)c1cc(F)ccc1Cl.